The molecular weight excluding hydrogens is 300 g/mol. The van der Waals surface area contributed by atoms with E-state index in [1.165, 1.54) is 0 Å². The Morgan fingerprint density at radius 1 is 1.05 bits per heavy atom. The maximum Gasteiger partial charge on any atom is 0.192 e. The van der Waals surface area contributed by atoms with E-state index in [1.54, 1.807) is 13.8 Å². The Kier molecular flexibility index (Phi) is 5.08. The van der Waals surface area contributed by atoms with Crippen molar-refractivity contribution < 1.29 is 24.4 Å². The molecule has 5 nitrogen and oxygen atoms in total. The first-order chi connectivity index (χ1) is 10.3. The summed E-state index contributed by atoms with van der Waals surface area (Å²) in [5, 5.41) is 20.4. The van der Waals surface area contributed by atoms with Gasteiger partial charge in [-0.2, -0.15) is 0 Å². The number of fused-ring (bicyclic) bond motifs is 1. The molecule has 0 aromatic heterocycles. The zero-order valence-electron chi connectivity index (χ0n) is 14.2. The van der Waals surface area contributed by atoms with Gasteiger partial charge < -0.3 is 24.4 Å². The van der Waals surface area contributed by atoms with Crippen molar-refractivity contribution in [3.8, 4) is 11.5 Å². The largest absolute Gasteiger partial charge is 0.392 e. The molecule has 2 N–H and O–H groups in total. The third-order valence-corrected chi connectivity index (χ3v) is 9.72. The van der Waals surface area contributed by atoms with Crippen LogP contribution in [0.15, 0.2) is 0 Å². The van der Waals surface area contributed by atoms with Gasteiger partial charge in [-0.1, -0.05) is 26.7 Å². The monoisotopic (exact) mass is 328 g/mol. The topological polar surface area (TPSA) is 68.2 Å². The van der Waals surface area contributed by atoms with Gasteiger partial charge in [-0.25, -0.2) is 0 Å². The van der Waals surface area contributed by atoms with Crippen LogP contribution >= 0.6 is 0 Å². The molecule has 0 aromatic rings. The standard InChI is InChI=1S/C16H28O5Si/c1-6-22(7-2,8-3)10-9-16(11-17)13(18)12-14(21-16)20-15(4,5)19-12/h12-14,17-18H,6-8,11H2,1-5H3/t12?,13-,14+,16+/m0/s1. The predicted molar refractivity (Wildman–Crippen MR) is 85.7 cm³/mol. The van der Waals surface area contributed by atoms with Crippen molar-refractivity contribution in [1.82, 2.24) is 0 Å². The van der Waals surface area contributed by atoms with Crippen LogP contribution in [0.5, 0.6) is 0 Å². The molecule has 0 bridgehead atoms. The van der Waals surface area contributed by atoms with E-state index in [4.69, 9.17) is 14.2 Å². The lowest BCUT2D eigenvalue weighted by Crippen LogP contribution is -2.47. The smallest absolute Gasteiger partial charge is 0.192 e. The van der Waals surface area contributed by atoms with Gasteiger partial charge >= 0.3 is 0 Å². The van der Waals surface area contributed by atoms with Crippen molar-refractivity contribution in [2.24, 2.45) is 0 Å². The summed E-state index contributed by atoms with van der Waals surface area (Å²) in [6.07, 6.45) is -2.32. The van der Waals surface area contributed by atoms with Gasteiger partial charge in [0, 0.05) is 0 Å². The van der Waals surface area contributed by atoms with Crippen LogP contribution in [0.1, 0.15) is 34.6 Å². The van der Waals surface area contributed by atoms with E-state index in [0.717, 1.165) is 18.1 Å². The van der Waals surface area contributed by atoms with Crippen LogP contribution in [-0.4, -0.2) is 54.8 Å². The van der Waals surface area contributed by atoms with Crippen LogP contribution in [0.2, 0.25) is 18.1 Å². The minimum absolute atomic E-state index is 0.372. The summed E-state index contributed by atoms with van der Waals surface area (Å²) in [5.41, 5.74) is 2.09. The fourth-order valence-corrected chi connectivity index (χ4v) is 5.64. The summed E-state index contributed by atoms with van der Waals surface area (Å²) in [7, 11) is -1.69. The number of aliphatic hydroxyl groups is 2. The van der Waals surface area contributed by atoms with Gasteiger partial charge in [-0.3, -0.25) is 0 Å². The zero-order valence-corrected chi connectivity index (χ0v) is 15.2. The second kappa shape index (κ2) is 6.23. The second-order valence-electron chi connectivity index (χ2n) is 6.67. The SMILES string of the molecule is CC[Si](C#C[C@]1(CO)O[C@H]2OC(C)(C)OC2[C@@H]1O)(CC)CC. The molecule has 126 valence electrons. The highest BCUT2D eigenvalue weighted by atomic mass is 28.3. The normalized spacial score (nSPS) is 36.8. The fraction of sp³-hybridized carbons (Fsp3) is 0.875. The average molecular weight is 328 g/mol. The molecule has 0 saturated carbocycles. The molecule has 4 atom stereocenters. The Bertz CT molecular complexity index is 457. The number of ether oxygens (including phenoxy) is 3. The summed E-state index contributed by atoms with van der Waals surface area (Å²) in [6, 6.07) is 3.16. The van der Waals surface area contributed by atoms with Crippen molar-refractivity contribution in [3.63, 3.8) is 0 Å². The van der Waals surface area contributed by atoms with Crippen molar-refractivity contribution in [3.05, 3.63) is 0 Å². The molecule has 0 aliphatic carbocycles. The van der Waals surface area contributed by atoms with Crippen molar-refractivity contribution in [2.75, 3.05) is 6.61 Å². The minimum atomic E-state index is -1.69. The Hall–Kier alpha value is -0.423. The van der Waals surface area contributed by atoms with Gasteiger partial charge in [0.1, 0.15) is 20.3 Å². The van der Waals surface area contributed by atoms with Gasteiger partial charge in [-0.15, -0.1) is 5.54 Å². The molecule has 0 radical (unpaired) electrons. The minimum Gasteiger partial charge on any atom is -0.392 e. The molecular formula is C16H28O5Si. The van der Waals surface area contributed by atoms with Crippen LogP contribution in [0, 0.1) is 11.5 Å². The van der Waals surface area contributed by atoms with E-state index in [9.17, 15) is 10.2 Å². The van der Waals surface area contributed by atoms with Crippen molar-refractivity contribution >= 4 is 8.07 Å². The van der Waals surface area contributed by atoms with Crippen molar-refractivity contribution in [1.29, 1.82) is 0 Å². The van der Waals surface area contributed by atoms with Crippen molar-refractivity contribution in [2.45, 2.75) is 82.6 Å². The summed E-state index contributed by atoms with van der Waals surface area (Å²) in [6.45, 7) is 9.66. The fourth-order valence-electron chi connectivity index (χ4n) is 3.13. The van der Waals surface area contributed by atoms with Gasteiger partial charge in [0.2, 0.25) is 0 Å². The van der Waals surface area contributed by atoms with Crippen LogP contribution in [0.25, 0.3) is 0 Å². The second-order valence-corrected chi connectivity index (χ2v) is 11.6. The van der Waals surface area contributed by atoms with Gasteiger partial charge in [0.15, 0.2) is 17.7 Å². The molecule has 0 spiro atoms. The lowest BCUT2D eigenvalue weighted by Gasteiger charge is -2.29. The number of hydrogen-bond acceptors (Lipinski definition) is 5. The van der Waals surface area contributed by atoms with E-state index in [1.807, 2.05) is 0 Å². The van der Waals surface area contributed by atoms with E-state index in [-0.39, 0.29) is 6.61 Å². The average Bonchev–Trinajstić information content (AvgIpc) is 2.93. The van der Waals surface area contributed by atoms with E-state index in [2.05, 4.69) is 32.2 Å². The number of hydrogen-bond donors (Lipinski definition) is 2. The van der Waals surface area contributed by atoms with Crippen LogP contribution in [0.3, 0.4) is 0 Å². The Labute approximate surface area is 134 Å². The maximum absolute atomic E-state index is 10.6. The first kappa shape index (κ1) is 17.9. The summed E-state index contributed by atoms with van der Waals surface area (Å²) >= 11 is 0. The lowest BCUT2D eigenvalue weighted by atomic mass is 9.97. The first-order valence-electron chi connectivity index (χ1n) is 8.13. The van der Waals surface area contributed by atoms with Crippen LogP contribution < -0.4 is 0 Å². The Balaban J connectivity index is 2.26. The summed E-state index contributed by atoms with van der Waals surface area (Å²) in [5.74, 6) is 2.28. The van der Waals surface area contributed by atoms with Gasteiger partial charge in [0.05, 0.1) is 6.61 Å². The van der Waals surface area contributed by atoms with E-state index < -0.39 is 38.0 Å². The Morgan fingerprint density at radius 3 is 2.09 bits per heavy atom. The molecule has 0 aromatic carbocycles. The summed E-state index contributed by atoms with van der Waals surface area (Å²) < 4.78 is 17.1. The highest BCUT2D eigenvalue weighted by Crippen LogP contribution is 2.42. The molecule has 6 heteroatoms. The maximum atomic E-state index is 10.6. The molecule has 1 unspecified atom stereocenters. The third kappa shape index (κ3) is 2.98. The molecule has 2 aliphatic heterocycles. The number of rotatable bonds is 4. The van der Waals surface area contributed by atoms with E-state index >= 15 is 0 Å². The summed E-state index contributed by atoms with van der Waals surface area (Å²) in [4.78, 5) is 0. The highest BCUT2D eigenvalue weighted by molar-refractivity contribution is 6.87. The molecule has 2 fully saturated rings. The Morgan fingerprint density at radius 2 is 1.64 bits per heavy atom. The molecule has 2 heterocycles. The van der Waals surface area contributed by atoms with Gasteiger partial charge in [0.25, 0.3) is 0 Å². The first-order valence-corrected chi connectivity index (χ1v) is 10.8. The lowest BCUT2D eigenvalue weighted by molar-refractivity contribution is -0.232. The molecule has 2 rings (SSSR count). The molecule has 0 amide bonds. The van der Waals surface area contributed by atoms with Crippen LogP contribution in [-0.2, 0) is 14.2 Å². The van der Waals surface area contributed by atoms with Gasteiger partial charge in [-0.05, 0) is 32.0 Å². The highest BCUT2D eigenvalue weighted by Gasteiger charge is 2.61. The molecule has 2 saturated heterocycles. The quantitative estimate of drug-likeness (QED) is 0.606. The molecule has 2 aliphatic rings. The third-order valence-electron chi connectivity index (χ3n) is 5.01. The number of aliphatic hydroxyl groups excluding tert-OH is 2. The molecule has 22 heavy (non-hydrogen) atoms. The predicted octanol–water partition coefficient (Wildman–Crippen LogP) is 1.64. The zero-order chi connectivity index (χ0) is 16.6. The van der Waals surface area contributed by atoms with E-state index in [0.29, 0.717) is 0 Å². The van der Waals surface area contributed by atoms with Crippen LogP contribution in [0.4, 0.5) is 0 Å².